The first kappa shape index (κ1) is 20.9. The minimum absolute atomic E-state index is 0.00294. The number of carbonyl (C=O) groups is 2. The Morgan fingerprint density at radius 1 is 1.30 bits per heavy atom. The molecule has 0 spiro atoms. The molecule has 0 bridgehead atoms. The summed E-state index contributed by atoms with van der Waals surface area (Å²) in [5.41, 5.74) is 1.33. The molecule has 0 aliphatic heterocycles. The number of aryl methyl sites for hydroxylation is 1. The van der Waals surface area contributed by atoms with Crippen molar-refractivity contribution in [2.24, 2.45) is 0 Å². The van der Waals surface area contributed by atoms with Crippen LogP contribution >= 0.6 is 11.6 Å². The predicted molar refractivity (Wildman–Crippen MR) is 105 cm³/mol. The number of aliphatic hydroxyl groups is 1. The smallest absolute Gasteiger partial charge is 0.274 e. The zero-order valence-corrected chi connectivity index (χ0v) is 16.6. The maximum atomic E-state index is 13.1. The number of imidazole rings is 1. The lowest BCUT2D eigenvalue weighted by Crippen LogP contribution is -2.32. The molecule has 2 amide bonds. The van der Waals surface area contributed by atoms with Crippen molar-refractivity contribution in [1.82, 2.24) is 14.5 Å². The molecular formula is C19H25ClN4O3. The molecule has 1 aromatic carbocycles. The highest BCUT2D eigenvalue weighted by Gasteiger charge is 2.27. The highest BCUT2D eigenvalue weighted by atomic mass is 35.5. The lowest BCUT2D eigenvalue weighted by Gasteiger charge is -2.20. The molecule has 146 valence electrons. The molecule has 2 rings (SSSR count). The number of halogens is 1. The summed E-state index contributed by atoms with van der Waals surface area (Å²) in [5.74, 6) is 0.803. The molecule has 1 heterocycles. The summed E-state index contributed by atoms with van der Waals surface area (Å²) in [6, 6.07) is 7.39. The summed E-state index contributed by atoms with van der Waals surface area (Å²) in [6.45, 7) is 2.81. The average Bonchev–Trinajstić information content (AvgIpc) is 3.04. The van der Waals surface area contributed by atoms with Gasteiger partial charge in [0.2, 0.25) is 6.41 Å². The molecule has 1 aromatic heterocycles. The SMILES string of the molecule is CCc1nc(N(C)C=O)c(C(=O)N(C)CCCO)n1Cc1ccc(Cl)cc1. The highest BCUT2D eigenvalue weighted by Crippen LogP contribution is 2.24. The van der Waals surface area contributed by atoms with E-state index in [1.54, 1.807) is 26.2 Å². The van der Waals surface area contributed by atoms with Crippen LogP contribution in [0.1, 0.15) is 35.2 Å². The summed E-state index contributed by atoms with van der Waals surface area (Å²) < 4.78 is 1.84. The van der Waals surface area contributed by atoms with E-state index in [-0.39, 0.29) is 12.5 Å². The standard InChI is InChI=1S/C19H25ClN4O3/c1-4-16-21-18(23(3)13-26)17(19(27)22(2)10-5-11-25)24(16)12-14-6-8-15(20)9-7-14/h6-9,13,25H,4-5,10-12H2,1-3H3. The molecule has 0 aliphatic carbocycles. The fraction of sp³-hybridized carbons (Fsp3) is 0.421. The van der Waals surface area contributed by atoms with Crippen LogP contribution in [-0.2, 0) is 17.8 Å². The average molecular weight is 393 g/mol. The summed E-state index contributed by atoms with van der Waals surface area (Å²) >= 11 is 5.96. The molecule has 27 heavy (non-hydrogen) atoms. The van der Waals surface area contributed by atoms with Crippen molar-refractivity contribution in [3.8, 4) is 0 Å². The summed E-state index contributed by atoms with van der Waals surface area (Å²) in [4.78, 5) is 31.8. The fourth-order valence-corrected chi connectivity index (χ4v) is 2.92. The molecule has 8 heteroatoms. The van der Waals surface area contributed by atoms with Crippen LogP contribution in [0.5, 0.6) is 0 Å². The molecule has 0 radical (unpaired) electrons. The van der Waals surface area contributed by atoms with Crippen molar-refractivity contribution in [1.29, 1.82) is 0 Å². The lowest BCUT2D eigenvalue weighted by atomic mass is 10.2. The van der Waals surface area contributed by atoms with Crippen molar-refractivity contribution in [3.05, 3.63) is 46.4 Å². The van der Waals surface area contributed by atoms with Crippen molar-refractivity contribution in [2.45, 2.75) is 26.3 Å². The van der Waals surface area contributed by atoms with Crippen LogP contribution in [0.25, 0.3) is 0 Å². The van der Waals surface area contributed by atoms with E-state index in [9.17, 15) is 9.59 Å². The minimum Gasteiger partial charge on any atom is -0.396 e. The lowest BCUT2D eigenvalue weighted by molar-refractivity contribution is -0.107. The molecule has 0 atom stereocenters. The van der Waals surface area contributed by atoms with Gasteiger partial charge >= 0.3 is 0 Å². The molecule has 2 aromatic rings. The van der Waals surface area contributed by atoms with Gasteiger partial charge in [0.15, 0.2) is 11.5 Å². The number of anilines is 1. The number of hydrogen-bond donors (Lipinski definition) is 1. The second-order valence-corrected chi connectivity index (χ2v) is 6.72. The third-order valence-corrected chi connectivity index (χ3v) is 4.54. The maximum absolute atomic E-state index is 13.1. The Kier molecular flexibility index (Phi) is 7.38. The molecular weight excluding hydrogens is 368 g/mol. The van der Waals surface area contributed by atoms with Crippen molar-refractivity contribution < 1.29 is 14.7 Å². The Morgan fingerprint density at radius 2 is 1.96 bits per heavy atom. The van der Waals surface area contributed by atoms with Gasteiger partial charge in [0.25, 0.3) is 5.91 Å². The second-order valence-electron chi connectivity index (χ2n) is 6.29. The molecule has 0 aliphatic rings. The number of amides is 2. The van der Waals surface area contributed by atoms with Gasteiger partial charge in [-0.15, -0.1) is 0 Å². The third kappa shape index (κ3) is 4.87. The summed E-state index contributed by atoms with van der Waals surface area (Å²) in [5, 5.41) is 9.68. The van der Waals surface area contributed by atoms with Crippen LogP contribution in [0.4, 0.5) is 5.82 Å². The Hall–Kier alpha value is -2.38. The zero-order chi connectivity index (χ0) is 20.0. The van der Waals surface area contributed by atoms with Crippen LogP contribution in [0.15, 0.2) is 24.3 Å². The van der Waals surface area contributed by atoms with E-state index in [0.29, 0.717) is 54.7 Å². The maximum Gasteiger partial charge on any atom is 0.274 e. The van der Waals surface area contributed by atoms with Gasteiger partial charge in [0.1, 0.15) is 5.82 Å². The van der Waals surface area contributed by atoms with E-state index < -0.39 is 0 Å². The first-order valence-corrected chi connectivity index (χ1v) is 9.19. The monoisotopic (exact) mass is 392 g/mol. The number of hydrogen-bond acceptors (Lipinski definition) is 4. The number of nitrogens with zero attached hydrogens (tertiary/aromatic N) is 4. The number of benzene rings is 1. The van der Waals surface area contributed by atoms with Crippen LogP contribution in [0, 0.1) is 0 Å². The summed E-state index contributed by atoms with van der Waals surface area (Å²) in [6.07, 6.45) is 1.73. The normalized spacial score (nSPS) is 10.7. The second kappa shape index (κ2) is 9.53. The van der Waals surface area contributed by atoms with E-state index in [0.717, 1.165) is 5.56 Å². The van der Waals surface area contributed by atoms with Crippen molar-refractivity contribution in [2.75, 3.05) is 32.1 Å². The molecule has 0 fully saturated rings. The molecule has 0 saturated heterocycles. The van der Waals surface area contributed by atoms with E-state index in [1.165, 1.54) is 9.80 Å². The number of aliphatic hydroxyl groups excluding tert-OH is 1. The number of rotatable bonds is 9. The van der Waals surface area contributed by atoms with Crippen LogP contribution in [0.2, 0.25) is 5.02 Å². The van der Waals surface area contributed by atoms with E-state index >= 15 is 0 Å². The molecule has 7 nitrogen and oxygen atoms in total. The van der Waals surface area contributed by atoms with Gasteiger partial charge in [0, 0.05) is 45.2 Å². The van der Waals surface area contributed by atoms with Crippen LogP contribution in [0.3, 0.4) is 0 Å². The van der Waals surface area contributed by atoms with E-state index in [4.69, 9.17) is 16.7 Å². The van der Waals surface area contributed by atoms with Gasteiger partial charge in [-0.05, 0) is 24.1 Å². The van der Waals surface area contributed by atoms with Gasteiger partial charge in [-0.25, -0.2) is 4.98 Å². The first-order valence-electron chi connectivity index (χ1n) is 8.81. The number of aromatic nitrogens is 2. The minimum atomic E-state index is -0.242. The Morgan fingerprint density at radius 3 is 2.52 bits per heavy atom. The highest BCUT2D eigenvalue weighted by molar-refractivity contribution is 6.30. The zero-order valence-electron chi connectivity index (χ0n) is 15.9. The molecule has 0 unspecified atom stereocenters. The Labute approximate surface area is 164 Å². The van der Waals surface area contributed by atoms with Crippen molar-refractivity contribution in [3.63, 3.8) is 0 Å². The number of carbonyl (C=O) groups excluding carboxylic acids is 2. The van der Waals surface area contributed by atoms with Gasteiger partial charge < -0.3 is 19.5 Å². The van der Waals surface area contributed by atoms with E-state index in [1.807, 2.05) is 23.6 Å². The van der Waals surface area contributed by atoms with Crippen LogP contribution in [-0.4, -0.2) is 59.1 Å². The van der Waals surface area contributed by atoms with Gasteiger partial charge in [-0.2, -0.15) is 0 Å². The quantitative estimate of drug-likeness (QED) is 0.663. The van der Waals surface area contributed by atoms with E-state index in [2.05, 4.69) is 4.98 Å². The first-order chi connectivity index (χ1) is 12.9. The van der Waals surface area contributed by atoms with Gasteiger partial charge in [-0.1, -0.05) is 30.7 Å². The Balaban J connectivity index is 2.51. The largest absolute Gasteiger partial charge is 0.396 e. The van der Waals surface area contributed by atoms with Crippen molar-refractivity contribution >= 4 is 29.7 Å². The summed E-state index contributed by atoms with van der Waals surface area (Å²) in [7, 11) is 3.25. The predicted octanol–water partition coefficient (Wildman–Crippen LogP) is 2.19. The molecule has 1 N–H and O–H groups in total. The van der Waals surface area contributed by atoms with Crippen LogP contribution < -0.4 is 4.90 Å². The topological polar surface area (TPSA) is 78.7 Å². The van der Waals surface area contributed by atoms with Gasteiger partial charge in [0.05, 0.1) is 0 Å². The molecule has 0 saturated carbocycles. The Bertz CT molecular complexity index is 789. The fourth-order valence-electron chi connectivity index (χ4n) is 2.80. The van der Waals surface area contributed by atoms with Gasteiger partial charge in [-0.3, -0.25) is 9.59 Å². The third-order valence-electron chi connectivity index (χ3n) is 4.29.